The minimum Gasteiger partial charge on any atom is -0.480 e. The fraction of sp³-hybridized carbons (Fsp3) is 0.471. The van der Waals surface area contributed by atoms with Crippen LogP contribution < -0.4 is 0 Å². The highest BCUT2D eigenvalue weighted by Gasteiger charge is 2.28. The number of carboxylic acid groups (broad SMARTS) is 1. The fourth-order valence-corrected chi connectivity index (χ4v) is 3.28. The van der Waals surface area contributed by atoms with Gasteiger partial charge in [0, 0.05) is 26.1 Å². The first kappa shape index (κ1) is 19.2. The maximum Gasteiger partial charge on any atom is 0.323 e. The molecular formula is C17H20ClFN2O4. The highest BCUT2D eigenvalue weighted by Crippen LogP contribution is 2.24. The van der Waals surface area contributed by atoms with Crippen LogP contribution in [0.3, 0.4) is 0 Å². The number of nitrogens with zero attached hydrogens (tertiary/aromatic N) is 2. The van der Waals surface area contributed by atoms with Gasteiger partial charge in [-0.05, 0) is 31.4 Å². The van der Waals surface area contributed by atoms with Crippen molar-refractivity contribution in [2.45, 2.75) is 32.2 Å². The van der Waals surface area contributed by atoms with E-state index in [2.05, 4.69) is 0 Å². The maximum absolute atomic E-state index is 13.6. The van der Waals surface area contributed by atoms with Gasteiger partial charge in [0.25, 0.3) is 5.91 Å². The van der Waals surface area contributed by atoms with Crippen LogP contribution in [0.5, 0.6) is 0 Å². The molecule has 1 aromatic carbocycles. The van der Waals surface area contributed by atoms with Crippen molar-refractivity contribution >= 4 is 29.4 Å². The number of carbonyl (C=O) groups is 3. The molecule has 1 heterocycles. The Balaban J connectivity index is 2.10. The van der Waals surface area contributed by atoms with Gasteiger partial charge in [0.05, 0.1) is 10.6 Å². The molecule has 0 aliphatic carbocycles. The van der Waals surface area contributed by atoms with Crippen molar-refractivity contribution in [2.75, 3.05) is 19.6 Å². The van der Waals surface area contributed by atoms with Gasteiger partial charge in [0.2, 0.25) is 5.91 Å². The number of carboxylic acids is 1. The summed E-state index contributed by atoms with van der Waals surface area (Å²) in [5.41, 5.74) is 0.106. The number of hydrogen-bond donors (Lipinski definition) is 1. The van der Waals surface area contributed by atoms with E-state index in [1.54, 1.807) is 4.90 Å². The Morgan fingerprint density at radius 2 is 2.04 bits per heavy atom. The molecule has 1 fully saturated rings. The van der Waals surface area contributed by atoms with Crippen molar-refractivity contribution in [3.8, 4) is 0 Å². The third-order valence-corrected chi connectivity index (χ3v) is 4.70. The Kier molecular flexibility index (Phi) is 6.36. The van der Waals surface area contributed by atoms with Gasteiger partial charge in [-0.15, -0.1) is 0 Å². The molecule has 1 saturated heterocycles. The quantitative estimate of drug-likeness (QED) is 0.882. The standard InChI is InChI=1S/C17H20ClFN2O4/c1-11(22)21(10-15(23)24)12-4-3-8-20(9-7-12)17(25)13-5-2-6-14(19)16(13)18/h2,5-6,12H,3-4,7-10H2,1H3,(H,23,24). The zero-order chi connectivity index (χ0) is 18.6. The predicted octanol–water partition coefficient (Wildman–Crippen LogP) is 2.41. The van der Waals surface area contributed by atoms with Crippen LogP contribution in [0.15, 0.2) is 18.2 Å². The minimum atomic E-state index is -1.07. The molecule has 8 heteroatoms. The average Bonchev–Trinajstić information content (AvgIpc) is 2.80. The molecule has 1 aromatic rings. The largest absolute Gasteiger partial charge is 0.480 e. The molecule has 6 nitrogen and oxygen atoms in total. The Labute approximate surface area is 150 Å². The van der Waals surface area contributed by atoms with Gasteiger partial charge in [-0.3, -0.25) is 14.4 Å². The number of carbonyl (C=O) groups excluding carboxylic acids is 2. The van der Waals surface area contributed by atoms with E-state index in [1.165, 1.54) is 30.0 Å². The summed E-state index contributed by atoms with van der Waals surface area (Å²) < 4.78 is 13.6. The lowest BCUT2D eigenvalue weighted by atomic mass is 10.1. The zero-order valence-corrected chi connectivity index (χ0v) is 14.6. The van der Waals surface area contributed by atoms with Crippen molar-refractivity contribution in [3.63, 3.8) is 0 Å². The number of amides is 2. The molecule has 2 amide bonds. The van der Waals surface area contributed by atoms with Gasteiger partial charge in [-0.1, -0.05) is 17.7 Å². The van der Waals surface area contributed by atoms with Crippen LogP contribution in [0.1, 0.15) is 36.5 Å². The van der Waals surface area contributed by atoms with E-state index in [1.807, 2.05) is 0 Å². The zero-order valence-electron chi connectivity index (χ0n) is 13.9. The smallest absolute Gasteiger partial charge is 0.323 e. The second kappa shape index (κ2) is 8.29. The summed E-state index contributed by atoms with van der Waals surface area (Å²) in [5, 5.41) is 8.77. The Hall–Kier alpha value is -2.15. The van der Waals surface area contributed by atoms with E-state index in [0.29, 0.717) is 32.4 Å². The van der Waals surface area contributed by atoms with Crippen molar-refractivity contribution < 1.29 is 23.9 Å². The molecule has 25 heavy (non-hydrogen) atoms. The van der Waals surface area contributed by atoms with Crippen LogP contribution in [-0.2, 0) is 9.59 Å². The molecule has 1 aliphatic rings. The third kappa shape index (κ3) is 4.69. The molecule has 1 aliphatic heterocycles. The minimum absolute atomic E-state index is 0.106. The summed E-state index contributed by atoms with van der Waals surface area (Å²) in [6.07, 6.45) is 1.69. The number of rotatable bonds is 4. The Morgan fingerprint density at radius 3 is 2.68 bits per heavy atom. The molecule has 2 rings (SSSR count). The maximum atomic E-state index is 13.6. The number of halogens is 2. The normalized spacial score (nSPS) is 17.7. The van der Waals surface area contributed by atoms with E-state index in [0.717, 1.165) is 0 Å². The third-order valence-electron chi connectivity index (χ3n) is 4.32. The molecule has 0 saturated carbocycles. The monoisotopic (exact) mass is 370 g/mol. The molecule has 136 valence electrons. The molecule has 1 atom stereocenters. The molecule has 0 bridgehead atoms. The van der Waals surface area contributed by atoms with Gasteiger partial charge >= 0.3 is 5.97 Å². The summed E-state index contributed by atoms with van der Waals surface area (Å²) in [6.45, 7) is 1.77. The lowest BCUT2D eigenvalue weighted by Gasteiger charge is -2.29. The predicted molar refractivity (Wildman–Crippen MR) is 90.0 cm³/mol. The van der Waals surface area contributed by atoms with Crippen LogP contribution in [-0.4, -0.2) is 58.4 Å². The fourth-order valence-electron chi connectivity index (χ4n) is 3.08. The molecule has 1 unspecified atom stereocenters. The first-order valence-corrected chi connectivity index (χ1v) is 8.41. The van der Waals surface area contributed by atoms with Crippen LogP contribution in [0, 0.1) is 5.82 Å². The summed E-state index contributed by atoms with van der Waals surface area (Å²) >= 11 is 5.89. The highest BCUT2D eigenvalue weighted by atomic mass is 35.5. The van der Waals surface area contributed by atoms with E-state index >= 15 is 0 Å². The van der Waals surface area contributed by atoms with E-state index < -0.39 is 11.8 Å². The van der Waals surface area contributed by atoms with Gasteiger partial charge in [0.15, 0.2) is 0 Å². The summed E-state index contributed by atoms with van der Waals surface area (Å²) in [7, 11) is 0. The van der Waals surface area contributed by atoms with Crippen molar-refractivity contribution in [3.05, 3.63) is 34.6 Å². The van der Waals surface area contributed by atoms with Crippen LogP contribution in [0.25, 0.3) is 0 Å². The topological polar surface area (TPSA) is 77.9 Å². The number of hydrogen-bond acceptors (Lipinski definition) is 3. The average molecular weight is 371 g/mol. The van der Waals surface area contributed by atoms with E-state index in [4.69, 9.17) is 16.7 Å². The molecule has 0 spiro atoms. The van der Waals surface area contributed by atoms with Crippen molar-refractivity contribution in [1.29, 1.82) is 0 Å². The van der Waals surface area contributed by atoms with E-state index in [9.17, 15) is 18.8 Å². The Bertz CT molecular complexity index is 683. The number of aliphatic carboxylic acids is 1. The molecule has 0 radical (unpaired) electrons. The van der Waals surface area contributed by atoms with Crippen LogP contribution in [0.4, 0.5) is 4.39 Å². The lowest BCUT2D eigenvalue weighted by molar-refractivity contribution is -0.145. The van der Waals surface area contributed by atoms with E-state index in [-0.39, 0.29) is 35.0 Å². The first-order valence-electron chi connectivity index (χ1n) is 8.03. The van der Waals surface area contributed by atoms with Crippen molar-refractivity contribution in [1.82, 2.24) is 9.80 Å². The molecule has 0 aromatic heterocycles. The van der Waals surface area contributed by atoms with Crippen LogP contribution >= 0.6 is 11.6 Å². The Morgan fingerprint density at radius 1 is 1.32 bits per heavy atom. The summed E-state index contributed by atoms with van der Waals surface area (Å²) in [6, 6.07) is 3.85. The van der Waals surface area contributed by atoms with Gasteiger partial charge in [-0.2, -0.15) is 0 Å². The summed E-state index contributed by atoms with van der Waals surface area (Å²) in [5.74, 6) is -2.39. The SMILES string of the molecule is CC(=O)N(CC(=O)O)C1CCCN(C(=O)c2cccc(F)c2Cl)CC1. The van der Waals surface area contributed by atoms with Crippen LogP contribution in [0.2, 0.25) is 5.02 Å². The van der Waals surface area contributed by atoms with Gasteiger partial charge in [0.1, 0.15) is 12.4 Å². The number of likely N-dealkylation sites (tertiary alicyclic amines) is 1. The number of benzene rings is 1. The van der Waals surface area contributed by atoms with Gasteiger partial charge < -0.3 is 14.9 Å². The molecule has 1 N–H and O–H groups in total. The molecular weight excluding hydrogens is 351 g/mol. The highest BCUT2D eigenvalue weighted by molar-refractivity contribution is 6.34. The first-order chi connectivity index (χ1) is 11.8. The second-order valence-electron chi connectivity index (χ2n) is 6.02. The summed E-state index contributed by atoms with van der Waals surface area (Å²) in [4.78, 5) is 38.2. The van der Waals surface area contributed by atoms with Gasteiger partial charge in [-0.25, -0.2) is 4.39 Å². The lowest BCUT2D eigenvalue weighted by Crippen LogP contribution is -2.43. The van der Waals surface area contributed by atoms with Crippen molar-refractivity contribution in [2.24, 2.45) is 0 Å². The second-order valence-corrected chi connectivity index (χ2v) is 6.40.